The number of benzene rings is 1. The third-order valence-corrected chi connectivity index (χ3v) is 15.4. The lowest BCUT2D eigenvalue weighted by Crippen LogP contribution is -2.66. The monoisotopic (exact) mass is 591 g/mol. The molecule has 1 aromatic rings. The number of fused-ring (bicyclic) bond motifs is 7. The Balaban J connectivity index is 1.23. The molecule has 5 aliphatic rings. The summed E-state index contributed by atoms with van der Waals surface area (Å²) in [5.74, 6) is 3.00. The molecule has 0 radical (unpaired) electrons. The van der Waals surface area contributed by atoms with Gasteiger partial charge in [-0.15, -0.1) is 0 Å². The molecule has 5 saturated carbocycles. The highest BCUT2D eigenvalue weighted by molar-refractivity contribution is 5.78. The summed E-state index contributed by atoms with van der Waals surface area (Å²) in [4.78, 5) is 12.9. The van der Waals surface area contributed by atoms with Gasteiger partial charge in [-0.25, -0.2) is 4.39 Å². The molecule has 0 spiro atoms. The second kappa shape index (κ2) is 10.7. The highest BCUT2D eigenvalue weighted by Crippen LogP contribution is 2.77. The van der Waals surface area contributed by atoms with Crippen LogP contribution in [0.1, 0.15) is 118 Å². The summed E-state index contributed by atoms with van der Waals surface area (Å²) in [6, 6.07) is 6.28. The van der Waals surface area contributed by atoms with Crippen LogP contribution in [0.4, 0.5) is 4.39 Å². The number of allylic oxidation sites excluding steroid dienone is 1. The Bertz CT molecular complexity index is 1240. The lowest BCUT2D eigenvalue weighted by molar-refractivity contribution is -0.247. The first kappa shape index (κ1) is 31.3. The van der Waals surface area contributed by atoms with E-state index < -0.39 is 0 Å². The Hall–Kier alpha value is -1.68. The third-order valence-electron chi connectivity index (χ3n) is 15.4. The van der Waals surface area contributed by atoms with Gasteiger partial charge in [0.05, 0.1) is 12.5 Å². The molecule has 0 heterocycles. The number of aliphatic hydroxyl groups excluding tert-OH is 1. The van der Waals surface area contributed by atoms with Gasteiger partial charge >= 0.3 is 0 Å². The Labute approximate surface area is 260 Å². The number of rotatable bonds is 6. The molecule has 3 nitrogen and oxygen atoms in total. The fraction of sp³-hybridized carbons (Fsp3) is 0.769. The average Bonchev–Trinajstić information content (AvgIpc) is 3.33. The van der Waals surface area contributed by atoms with E-state index in [0.717, 1.165) is 30.9 Å². The molecule has 238 valence electrons. The van der Waals surface area contributed by atoms with Gasteiger partial charge in [0, 0.05) is 6.54 Å². The lowest BCUT2D eigenvalue weighted by atomic mass is 9.32. The molecule has 2 N–H and O–H groups in total. The fourth-order valence-corrected chi connectivity index (χ4v) is 13.0. The van der Waals surface area contributed by atoms with Gasteiger partial charge in [-0.3, -0.25) is 4.79 Å². The van der Waals surface area contributed by atoms with Crippen molar-refractivity contribution in [2.45, 2.75) is 125 Å². The number of nitrogens with one attached hydrogen (secondary N) is 1. The zero-order valence-electron chi connectivity index (χ0n) is 27.9. The highest BCUT2D eigenvalue weighted by Gasteiger charge is 2.70. The first-order valence-electron chi connectivity index (χ1n) is 17.5. The maximum absolute atomic E-state index is 13.3. The van der Waals surface area contributed by atoms with Crippen LogP contribution in [0.25, 0.3) is 0 Å². The number of hydrogen-bond acceptors (Lipinski definition) is 2. The maximum Gasteiger partial charge on any atom is 0.224 e. The molecule has 1 amide bonds. The Morgan fingerprint density at radius 3 is 2.33 bits per heavy atom. The Kier molecular flexibility index (Phi) is 7.79. The predicted molar refractivity (Wildman–Crippen MR) is 173 cm³/mol. The molecule has 1 unspecified atom stereocenters. The Morgan fingerprint density at radius 1 is 0.907 bits per heavy atom. The topological polar surface area (TPSA) is 49.3 Å². The third kappa shape index (κ3) is 4.69. The van der Waals surface area contributed by atoms with Crippen LogP contribution < -0.4 is 5.32 Å². The molecule has 5 fully saturated rings. The van der Waals surface area contributed by atoms with Crippen LogP contribution in [-0.2, 0) is 11.2 Å². The SMILES string of the molecule is C=C(C)[C@@H]1CC[C@]2(CCNC(=O)Cc3ccc(F)cc3)CC[C@]3(C)[C@H](CCC4[C@@]5(C)CC[C@H](O)C(C)(C)[C@@H]5CC[C@]43C)[C@@H]12. The van der Waals surface area contributed by atoms with Crippen molar-refractivity contribution >= 4 is 5.91 Å². The van der Waals surface area contributed by atoms with E-state index in [2.05, 4.69) is 53.4 Å². The van der Waals surface area contributed by atoms with E-state index in [0.29, 0.717) is 46.3 Å². The first-order chi connectivity index (χ1) is 20.2. The van der Waals surface area contributed by atoms with Crippen LogP contribution >= 0.6 is 0 Å². The second-order valence-electron chi connectivity index (χ2n) is 17.3. The van der Waals surface area contributed by atoms with Crippen molar-refractivity contribution in [2.24, 2.45) is 56.7 Å². The van der Waals surface area contributed by atoms with Crippen molar-refractivity contribution in [3.63, 3.8) is 0 Å². The van der Waals surface area contributed by atoms with Crippen LogP contribution in [0.3, 0.4) is 0 Å². The highest BCUT2D eigenvalue weighted by atomic mass is 19.1. The van der Waals surface area contributed by atoms with E-state index in [1.165, 1.54) is 75.5 Å². The molecule has 0 bridgehead atoms. The van der Waals surface area contributed by atoms with E-state index in [1.807, 2.05) is 0 Å². The first-order valence-corrected chi connectivity index (χ1v) is 17.5. The van der Waals surface area contributed by atoms with Gasteiger partial charge < -0.3 is 10.4 Å². The quantitative estimate of drug-likeness (QED) is 0.325. The number of amides is 1. The summed E-state index contributed by atoms with van der Waals surface area (Å²) >= 11 is 0. The summed E-state index contributed by atoms with van der Waals surface area (Å²) in [5, 5.41) is 14.3. The number of aliphatic hydroxyl groups is 1. The molecule has 1 aromatic carbocycles. The normalized spacial score (nSPS) is 44.8. The van der Waals surface area contributed by atoms with Crippen molar-refractivity contribution in [2.75, 3.05) is 6.54 Å². The summed E-state index contributed by atoms with van der Waals surface area (Å²) < 4.78 is 13.3. The van der Waals surface area contributed by atoms with E-state index in [9.17, 15) is 14.3 Å². The molecular weight excluding hydrogens is 533 g/mol. The molecule has 0 aromatic heterocycles. The fourth-order valence-electron chi connectivity index (χ4n) is 13.0. The van der Waals surface area contributed by atoms with Gasteiger partial charge in [0.1, 0.15) is 5.82 Å². The maximum atomic E-state index is 13.3. The number of hydrogen-bond donors (Lipinski definition) is 2. The summed E-state index contributed by atoms with van der Waals surface area (Å²) in [5.41, 5.74) is 3.41. The molecule has 0 saturated heterocycles. The van der Waals surface area contributed by atoms with Crippen LogP contribution in [0.5, 0.6) is 0 Å². The van der Waals surface area contributed by atoms with Crippen LogP contribution in [-0.4, -0.2) is 23.7 Å². The van der Waals surface area contributed by atoms with E-state index in [-0.39, 0.29) is 28.7 Å². The molecule has 5 aliphatic carbocycles. The van der Waals surface area contributed by atoms with Crippen molar-refractivity contribution in [3.8, 4) is 0 Å². The Morgan fingerprint density at radius 2 is 1.63 bits per heavy atom. The predicted octanol–water partition coefficient (Wildman–Crippen LogP) is 8.89. The standard InChI is InChI=1S/C39H58FNO2/c1-25(2)28-14-19-39(22-23-41-33(43)24-26-8-10-27(40)11-9-26)21-20-37(6)29(34(28)39)12-13-31-36(5)17-16-32(42)35(3,4)30(36)15-18-38(31,37)7/h8-11,28-32,34,42H,1,12-24H2,2-7H3,(H,41,43)/t28-,29+,30-,31?,32-,34+,36-,37+,38+,39+/m0/s1. The van der Waals surface area contributed by atoms with Crippen molar-refractivity contribution in [3.05, 3.63) is 47.8 Å². The van der Waals surface area contributed by atoms with Gasteiger partial charge in [0.15, 0.2) is 0 Å². The minimum atomic E-state index is -0.265. The van der Waals surface area contributed by atoms with Crippen LogP contribution in [0, 0.1) is 62.5 Å². The zero-order chi connectivity index (χ0) is 31.0. The zero-order valence-corrected chi connectivity index (χ0v) is 27.9. The van der Waals surface area contributed by atoms with E-state index in [4.69, 9.17) is 0 Å². The van der Waals surface area contributed by atoms with Gasteiger partial charge in [0.25, 0.3) is 0 Å². The van der Waals surface area contributed by atoms with Crippen molar-refractivity contribution < 1.29 is 14.3 Å². The minimum Gasteiger partial charge on any atom is -0.393 e. The summed E-state index contributed by atoms with van der Waals surface area (Å²) in [6.07, 6.45) is 13.5. The molecule has 43 heavy (non-hydrogen) atoms. The molecule has 6 rings (SSSR count). The summed E-state index contributed by atoms with van der Waals surface area (Å²) in [6.45, 7) is 20.2. The van der Waals surface area contributed by atoms with Crippen molar-refractivity contribution in [1.82, 2.24) is 5.32 Å². The minimum absolute atomic E-state index is 0.00849. The van der Waals surface area contributed by atoms with Crippen LogP contribution in [0.15, 0.2) is 36.4 Å². The van der Waals surface area contributed by atoms with E-state index in [1.54, 1.807) is 12.1 Å². The molecule has 10 atom stereocenters. The van der Waals surface area contributed by atoms with E-state index >= 15 is 0 Å². The lowest BCUT2D eigenvalue weighted by Gasteiger charge is -2.73. The number of carbonyl (C=O) groups excluding carboxylic acids is 1. The second-order valence-corrected chi connectivity index (χ2v) is 17.3. The molecule has 0 aliphatic heterocycles. The smallest absolute Gasteiger partial charge is 0.224 e. The average molecular weight is 592 g/mol. The van der Waals surface area contributed by atoms with Gasteiger partial charge in [0.2, 0.25) is 5.91 Å². The van der Waals surface area contributed by atoms with Crippen molar-refractivity contribution in [1.29, 1.82) is 0 Å². The summed E-state index contributed by atoms with van der Waals surface area (Å²) in [7, 11) is 0. The largest absolute Gasteiger partial charge is 0.393 e. The van der Waals surface area contributed by atoms with Gasteiger partial charge in [-0.2, -0.15) is 0 Å². The number of carbonyl (C=O) groups is 1. The molecule has 4 heteroatoms. The van der Waals surface area contributed by atoms with Gasteiger partial charge in [-0.1, -0.05) is 58.9 Å². The molecular formula is C39H58FNO2. The number of halogens is 1. The van der Waals surface area contributed by atoms with Gasteiger partial charge in [-0.05, 0) is 152 Å². The van der Waals surface area contributed by atoms with Crippen LogP contribution in [0.2, 0.25) is 0 Å².